The molecular weight excluding hydrogens is 194 g/mol. The number of rotatable bonds is 0. The number of nitrogens with one attached hydrogen (secondary N) is 1. The molecule has 0 saturated carbocycles. The molecule has 1 N–H and O–H groups in total. The van der Waals surface area contributed by atoms with E-state index < -0.39 is 0 Å². The van der Waals surface area contributed by atoms with Crippen LogP contribution in [0.1, 0.15) is 37.1 Å². The van der Waals surface area contributed by atoms with Gasteiger partial charge in [-0.25, -0.2) is 0 Å². The molecule has 2 aliphatic rings. The highest BCUT2D eigenvalue weighted by molar-refractivity contribution is 5.85. The van der Waals surface area contributed by atoms with Gasteiger partial charge in [-0.05, 0) is 25.0 Å². The molecule has 2 heterocycles. The first-order valence-corrected chi connectivity index (χ1v) is 4.81. The van der Waals surface area contributed by atoms with Crippen molar-refractivity contribution < 1.29 is 0 Å². The first-order chi connectivity index (χ1) is 6.29. The number of fused-ring (bicyclic) bond motifs is 5. The van der Waals surface area contributed by atoms with E-state index >= 15 is 0 Å². The second-order valence-electron chi connectivity index (χ2n) is 4.03. The summed E-state index contributed by atoms with van der Waals surface area (Å²) in [6, 6.07) is 9.74. The average Bonchev–Trinajstić information content (AvgIpc) is 2.66. The molecular formula is C12H14ClN. The van der Waals surface area contributed by atoms with Crippen LogP contribution >= 0.6 is 12.4 Å². The molecule has 3 rings (SSSR count). The molecule has 0 fully saturated rings. The third kappa shape index (κ3) is 0.999. The maximum absolute atomic E-state index is 3.62. The predicted molar refractivity (Wildman–Crippen MR) is 60.7 cm³/mol. The standard InChI is InChI=1S/C12H13N.ClH/c1-7-8(2)12-10-6-4-3-5-9(10)11(7)13-12;/h3-6,11-13H,1-2H3;1H. The minimum Gasteiger partial charge on any atom is -0.296 e. The van der Waals surface area contributed by atoms with Gasteiger partial charge in [-0.1, -0.05) is 35.4 Å². The van der Waals surface area contributed by atoms with Crippen LogP contribution in [0.5, 0.6) is 0 Å². The summed E-state index contributed by atoms with van der Waals surface area (Å²) in [5.74, 6) is 0. The van der Waals surface area contributed by atoms with E-state index in [1.54, 1.807) is 0 Å². The molecule has 2 bridgehead atoms. The molecule has 0 aliphatic carbocycles. The van der Waals surface area contributed by atoms with Gasteiger partial charge in [0.1, 0.15) is 0 Å². The maximum Gasteiger partial charge on any atom is 0.0547 e. The summed E-state index contributed by atoms with van der Waals surface area (Å²) in [6.45, 7) is 4.48. The fraction of sp³-hybridized carbons (Fsp3) is 0.333. The normalized spacial score (nSPS) is 27.6. The van der Waals surface area contributed by atoms with Gasteiger partial charge in [0, 0.05) is 0 Å². The SMILES string of the molecule is CC1=C(C)C2NC1c1ccccc12.Cl. The van der Waals surface area contributed by atoms with Crippen molar-refractivity contribution in [2.75, 3.05) is 0 Å². The van der Waals surface area contributed by atoms with E-state index in [1.807, 2.05) is 0 Å². The van der Waals surface area contributed by atoms with Crippen LogP contribution in [0.15, 0.2) is 35.4 Å². The van der Waals surface area contributed by atoms with Gasteiger partial charge in [0.15, 0.2) is 0 Å². The van der Waals surface area contributed by atoms with Crippen LogP contribution in [0.25, 0.3) is 0 Å². The Balaban J connectivity index is 0.000000750. The topological polar surface area (TPSA) is 12.0 Å². The third-order valence-corrected chi connectivity index (χ3v) is 3.44. The second-order valence-corrected chi connectivity index (χ2v) is 4.03. The van der Waals surface area contributed by atoms with E-state index in [0.717, 1.165) is 0 Å². The molecule has 0 amide bonds. The highest BCUT2D eigenvalue weighted by Gasteiger charge is 2.38. The van der Waals surface area contributed by atoms with E-state index in [1.165, 1.54) is 22.3 Å². The van der Waals surface area contributed by atoms with Gasteiger partial charge in [0.05, 0.1) is 12.1 Å². The lowest BCUT2D eigenvalue weighted by atomic mass is 9.88. The van der Waals surface area contributed by atoms with E-state index in [0.29, 0.717) is 12.1 Å². The summed E-state index contributed by atoms with van der Waals surface area (Å²) in [4.78, 5) is 0. The van der Waals surface area contributed by atoms with Gasteiger partial charge in [0.2, 0.25) is 0 Å². The average molecular weight is 208 g/mol. The number of hydrogen-bond acceptors (Lipinski definition) is 1. The van der Waals surface area contributed by atoms with Crippen LogP contribution in [-0.2, 0) is 0 Å². The van der Waals surface area contributed by atoms with Gasteiger partial charge in [-0.15, -0.1) is 12.4 Å². The zero-order valence-electron chi connectivity index (χ0n) is 8.37. The summed E-state index contributed by atoms with van der Waals surface area (Å²) < 4.78 is 0. The van der Waals surface area contributed by atoms with Crippen molar-refractivity contribution in [3.8, 4) is 0 Å². The van der Waals surface area contributed by atoms with Crippen molar-refractivity contribution in [2.45, 2.75) is 25.9 Å². The minimum absolute atomic E-state index is 0. The molecule has 74 valence electrons. The Morgan fingerprint density at radius 3 is 1.79 bits per heavy atom. The number of benzene rings is 1. The molecule has 1 nitrogen and oxygen atoms in total. The Hall–Kier alpha value is -0.790. The Bertz CT molecular complexity index is 372. The lowest BCUT2D eigenvalue weighted by molar-refractivity contribution is 0.649. The molecule has 0 radical (unpaired) electrons. The predicted octanol–water partition coefficient (Wildman–Crippen LogP) is 3.14. The van der Waals surface area contributed by atoms with Crippen LogP contribution in [-0.4, -0.2) is 0 Å². The highest BCUT2D eigenvalue weighted by atomic mass is 35.5. The summed E-state index contributed by atoms with van der Waals surface area (Å²) in [5, 5.41) is 3.62. The van der Waals surface area contributed by atoms with Crippen molar-refractivity contribution in [3.63, 3.8) is 0 Å². The molecule has 0 saturated heterocycles. The van der Waals surface area contributed by atoms with Crippen LogP contribution < -0.4 is 5.32 Å². The first kappa shape index (κ1) is 9.75. The molecule has 2 aliphatic heterocycles. The number of halogens is 1. The first-order valence-electron chi connectivity index (χ1n) is 4.81. The fourth-order valence-corrected chi connectivity index (χ4v) is 2.55. The van der Waals surface area contributed by atoms with Crippen LogP contribution in [0.4, 0.5) is 0 Å². The minimum atomic E-state index is 0. The molecule has 2 unspecified atom stereocenters. The fourth-order valence-electron chi connectivity index (χ4n) is 2.55. The van der Waals surface area contributed by atoms with Crippen molar-refractivity contribution in [2.24, 2.45) is 0 Å². The third-order valence-electron chi connectivity index (χ3n) is 3.44. The van der Waals surface area contributed by atoms with Gasteiger partial charge in [0.25, 0.3) is 0 Å². The molecule has 2 atom stereocenters. The lowest BCUT2D eigenvalue weighted by Gasteiger charge is -2.15. The quantitative estimate of drug-likeness (QED) is 0.645. The van der Waals surface area contributed by atoms with Crippen LogP contribution in [0, 0.1) is 0 Å². The molecule has 2 heteroatoms. The summed E-state index contributed by atoms with van der Waals surface area (Å²) in [6.07, 6.45) is 0. The Labute approximate surface area is 90.6 Å². The summed E-state index contributed by atoms with van der Waals surface area (Å²) in [5.41, 5.74) is 6.00. The van der Waals surface area contributed by atoms with Crippen LogP contribution in [0.3, 0.4) is 0 Å². The van der Waals surface area contributed by atoms with Crippen LogP contribution in [0.2, 0.25) is 0 Å². The highest BCUT2D eigenvalue weighted by Crippen LogP contribution is 2.47. The maximum atomic E-state index is 3.62. The van der Waals surface area contributed by atoms with Crippen molar-refractivity contribution in [3.05, 3.63) is 46.5 Å². The Kier molecular flexibility index (Phi) is 2.17. The van der Waals surface area contributed by atoms with Gasteiger partial charge in [-0.3, -0.25) is 5.32 Å². The summed E-state index contributed by atoms with van der Waals surface area (Å²) in [7, 11) is 0. The van der Waals surface area contributed by atoms with Gasteiger partial charge in [-0.2, -0.15) is 0 Å². The summed E-state index contributed by atoms with van der Waals surface area (Å²) >= 11 is 0. The Morgan fingerprint density at radius 2 is 1.36 bits per heavy atom. The van der Waals surface area contributed by atoms with Gasteiger partial charge < -0.3 is 0 Å². The van der Waals surface area contributed by atoms with E-state index in [-0.39, 0.29) is 12.4 Å². The van der Waals surface area contributed by atoms with E-state index in [2.05, 4.69) is 43.4 Å². The van der Waals surface area contributed by atoms with E-state index in [4.69, 9.17) is 0 Å². The molecule has 0 spiro atoms. The second kappa shape index (κ2) is 3.11. The molecule has 1 aromatic carbocycles. The van der Waals surface area contributed by atoms with E-state index in [9.17, 15) is 0 Å². The van der Waals surface area contributed by atoms with Gasteiger partial charge >= 0.3 is 0 Å². The zero-order valence-corrected chi connectivity index (χ0v) is 9.19. The van der Waals surface area contributed by atoms with Crippen molar-refractivity contribution >= 4 is 12.4 Å². The Morgan fingerprint density at radius 1 is 0.929 bits per heavy atom. The van der Waals surface area contributed by atoms with Crippen molar-refractivity contribution in [1.82, 2.24) is 5.32 Å². The molecule has 1 aromatic rings. The molecule has 14 heavy (non-hydrogen) atoms. The van der Waals surface area contributed by atoms with Crippen molar-refractivity contribution in [1.29, 1.82) is 0 Å². The number of hydrogen-bond donors (Lipinski definition) is 1. The monoisotopic (exact) mass is 207 g/mol. The largest absolute Gasteiger partial charge is 0.296 e. The lowest BCUT2D eigenvalue weighted by Crippen LogP contribution is -2.09. The zero-order chi connectivity index (χ0) is 9.00. The molecule has 0 aromatic heterocycles. The smallest absolute Gasteiger partial charge is 0.0547 e.